The fourth-order valence-electron chi connectivity index (χ4n) is 4.73. The van der Waals surface area contributed by atoms with E-state index in [2.05, 4.69) is 16.0 Å². The van der Waals surface area contributed by atoms with Crippen molar-refractivity contribution in [3.8, 4) is 5.75 Å². The lowest BCUT2D eigenvalue weighted by Gasteiger charge is -2.34. The van der Waals surface area contributed by atoms with Crippen LogP contribution in [0, 0.1) is 5.92 Å². The number of fused-ring (bicyclic) bond motifs is 1. The van der Waals surface area contributed by atoms with Crippen molar-refractivity contribution in [1.82, 2.24) is 10.2 Å². The number of carbonyl (C=O) groups excluding carboxylic acids is 2. The number of urea groups is 1. The molecule has 1 heterocycles. The van der Waals surface area contributed by atoms with Crippen molar-refractivity contribution in [3.05, 3.63) is 53.6 Å². The van der Waals surface area contributed by atoms with Gasteiger partial charge in [0.2, 0.25) is 0 Å². The fraction of sp³-hybridized carbons (Fsp3) is 0.533. The van der Waals surface area contributed by atoms with Crippen LogP contribution in [0.25, 0.3) is 0 Å². The molecule has 0 unspecified atom stereocenters. The van der Waals surface area contributed by atoms with E-state index in [4.69, 9.17) is 9.47 Å². The van der Waals surface area contributed by atoms with Crippen molar-refractivity contribution in [2.24, 2.45) is 5.92 Å². The molecule has 4 N–H and O–H groups in total. The molecule has 0 saturated heterocycles. The van der Waals surface area contributed by atoms with Crippen molar-refractivity contribution in [3.63, 3.8) is 0 Å². The molecule has 12 heteroatoms. The number of anilines is 2. The number of rotatable bonds is 6. The SMILES string of the molecule is CNC[C@H]1OCCCC[C@H](C)Oc2ccc(NC(=O)Nc3ccc(C(F)(F)F)cc3)cc2C(=O)N([C@H](C)CO)C[C@@H]1C. The topological polar surface area (TPSA) is 112 Å². The van der Waals surface area contributed by atoms with Crippen LogP contribution in [0.3, 0.4) is 0 Å². The first kappa shape index (κ1) is 33.2. The molecule has 1 aliphatic heterocycles. The summed E-state index contributed by atoms with van der Waals surface area (Å²) in [5, 5.41) is 18.3. The lowest BCUT2D eigenvalue weighted by molar-refractivity contribution is -0.137. The zero-order valence-corrected chi connectivity index (χ0v) is 24.5. The van der Waals surface area contributed by atoms with Gasteiger partial charge in [-0.2, -0.15) is 13.2 Å². The van der Waals surface area contributed by atoms with Gasteiger partial charge in [-0.1, -0.05) is 6.92 Å². The van der Waals surface area contributed by atoms with E-state index in [-0.39, 0.29) is 47.6 Å². The first-order valence-corrected chi connectivity index (χ1v) is 14.2. The summed E-state index contributed by atoms with van der Waals surface area (Å²) in [6.45, 7) is 6.93. The number of ether oxygens (including phenoxy) is 2. The van der Waals surface area contributed by atoms with Gasteiger partial charge in [0.15, 0.2) is 0 Å². The third-order valence-corrected chi connectivity index (χ3v) is 7.18. The molecule has 0 spiro atoms. The molecule has 0 bridgehead atoms. The number of nitrogens with zero attached hydrogens (tertiary/aromatic N) is 1. The number of aliphatic hydroxyl groups is 1. The van der Waals surface area contributed by atoms with E-state index in [1.807, 2.05) is 20.9 Å². The molecule has 0 fully saturated rings. The Hall–Kier alpha value is -3.35. The van der Waals surface area contributed by atoms with E-state index in [0.717, 1.165) is 43.5 Å². The predicted molar refractivity (Wildman–Crippen MR) is 155 cm³/mol. The normalized spacial score (nSPS) is 21.5. The number of nitrogens with one attached hydrogen (secondary N) is 3. The highest BCUT2D eigenvalue weighted by Crippen LogP contribution is 2.31. The number of benzene rings is 2. The van der Waals surface area contributed by atoms with Gasteiger partial charge < -0.3 is 35.4 Å². The van der Waals surface area contributed by atoms with Crippen LogP contribution in [-0.2, 0) is 10.9 Å². The smallest absolute Gasteiger partial charge is 0.416 e. The summed E-state index contributed by atoms with van der Waals surface area (Å²) in [7, 11) is 1.85. The van der Waals surface area contributed by atoms with Crippen LogP contribution in [0.4, 0.5) is 29.3 Å². The maximum absolute atomic E-state index is 14.0. The number of halogens is 3. The molecule has 2 aromatic carbocycles. The zero-order valence-electron chi connectivity index (χ0n) is 24.5. The predicted octanol–water partition coefficient (Wildman–Crippen LogP) is 5.36. The van der Waals surface area contributed by atoms with Crippen LogP contribution in [-0.4, -0.2) is 73.5 Å². The van der Waals surface area contributed by atoms with Crippen molar-refractivity contribution in [2.45, 2.75) is 64.5 Å². The Balaban J connectivity index is 1.89. The second-order valence-electron chi connectivity index (χ2n) is 10.7. The van der Waals surface area contributed by atoms with Gasteiger partial charge in [-0.05, 0) is 82.6 Å². The van der Waals surface area contributed by atoms with Gasteiger partial charge in [0.05, 0.1) is 36.0 Å². The van der Waals surface area contributed by atoms with E-state index in [0.29, 0.717) is 25.4 Å². The summed E-state index contributed by atoms with van der Waals surface area (Å²) in [4.78, 5) is 28.3. The van der Waals surface area contributed by atoms with E-state index >= 15 is 0 Å². The van der Waals surface area contributed by atoms with Crippen LogP contribution in [0.2, 0.25) is 0 Å². The average Bonchev–Trinajstić information content (AvgIpc) is 2.94. The second kappa shape index (κ2) is 15.2. The molecular formula is C30H41F3N4O5. The lowest BCUT2D eigenvalue weighted by Crippen LogP contribution is -2.47. The van der Waals surface area contributed by atoms with Crippen LogP contribution >= 0.6 is 0 Å². The molecule has 232 valence electrons. The monoisotopic (exact) mass is 594 g/mol. The number of amides is 3. The third-order valence-electron chi connectivity index (χ3n) is 7.18. The second-order valence-corrected chi connectivity index (χ2v) is 10.7. The van der Waals surface area contributed by atoms with Crippen LogP contribution < -0.4 is 20.7 Å². The van der Waals surface area contributed by atoms with Crippen molar-refractivity contribution >= 4 is 23.3 Å². The minimum Gasteiger partial charge on any atom is -0.490 e. The van der Waals surface area contributed by atoms with Gasteiger partial charge in [-0.15, -0.1) is 0 Å². The molecule has 3 amide bonds. The molecule has 4 atom stereocenters. The van der Waals surface area contributed by atoms with Gasteiger partial charge >= 0.3 is 12.2 Å². The van der Waals surface area contributed by atoms with Crippen molar-refractivity contribution in [2.75, 3.05) is 44.0 Å². The van der Waals surface area contributed by atoms with Crippen molar-refractivity contribution < 1.29 is 37.3 Å². The molecule has 42 heavy (non-hydrogen) atoms. The molecule has 3 rings (SSSR count). The van der Waals surface area contributed by atoms with E-state index in [1.54, 1.807) is 24.0 Å². The van der Waals surface area contributed by atoms with Gasteiger partial charge in [0, 0.05) is 37.0 Å². The first-order chi connectivity index (χ1) is 19.9. The van der Waals surface area contributed by atoms with Gasteiger partial charge in [0.25, 0.3) is 5.91 Å². The number of alkyl halides is 3. The molecule has 0 radical (unpaired) electrons. The Bertz CT molecular complexity index is 1180. The summed E-state index contributed by atoms with van der Waals surface area (Å²) in [6.07, 6.45) is -2.34. The molecule has 2 aromatic rings. The summed E-state index contributed by atoms with van der Waals surface area (Å²) in [6, 6.07) is 7.58. The molecule has 9 nitrogen and oxygen atoms in total. The molecule has 0 aliphatic carbocycles. The Morgan fingerprint density at radius 2 is 1.76 bits per heavy atom. The Kier molecular flexibility index (Phi) is 12.0. The van der Waals surface area contributed by atoms with Gasteiger partial charge in [0.1, 0.15) is 5.75 Å². The Labute approximate surface area is 244 Å². The van der Waals surface area contributed by atoms with E-state index in [9.17, 15) is 27.9 Å². The van der Waals surface area contributed by atoms with Crippen LogP contribution in [0.5, 0.6) is 5.75 Å². The minimum atomic E-state index is -4.48. The number of hydrogen-bond acceptors (Lipinski definition) is 6. The summed E-state index contributed by atoms with van der Waals surface area (Å²) in [5.74, 6) is -0.0841. The summed E-state index contributed by atoms with van der Waals surface area (Å²) < 4.78 is 50.9. The maximum Gasteiger partial charge on any atom is 0.416 e. The average molecular weight is 595 g/mol. The highest BCUT2D eigenvalue weighted by molar-refractivity contribution is 6.02. The Morgan fingerprint density at radius 3 is 2.40 bits per heavy atom. The fourth-order valence-corrected chi connectivity index (χ4v) is 4.73. The zero-order chi connectivity index (χ0) is 30.9. The minimum absolute atomic E-state index is 0.0579. The molecule has 0 aromatic heterocycles. The summed E-state index contributed by atoms with van der Waals surface area (Å²) in [5.41, 5.74) is -0.163. The number of hydrogen-bond donors (Lipinski definition) is 4. The van der Waals surface area contributed by atoms with E-state index < -0.39 is 23.8 Å². The molecule has 1 aliphatic rings. The van der Waals surface area contributed by atoms with E-state index in [1.165, 1.54) is 6.07 Å². The standard InChI is InChI=1S/C30H41F3N4O5/c1-19-17-37(20(2)18-38)28(39)25-15-24(36-29(40)35-23-10-8-22(9-11-23)30(31,32)33)12-13-26(25)42-21(3)7-5-6-14-41-27(19)16-34-4/h8-13,15,19-21,27,34,38H,5-7,14,16-18H2,1-4H3,(H2,35,36,40)/t19-,20+,21-,27+/m0/s1. The quantitative estimate of drug-likeness (QED) is 0.358. The van der Waals surface area contributed by atoms with Gasteiger partial charge in [-0.3, -0.25) is 4.79 Å². The Morgan fingerprint density at radius 1 is 1.10 bits per heavy atom. The molecule has 0 saturated carbocycles. The van der Waals surface area contributed by atoms with Crippen molar-refractivity contribution in [1.29, 1.82) is 0 Å². The highest BCUT2D eigenvalue weighted by atomic mass is 19.4. The number of aliphatic hydroxyl groups excluding tert-OH is 1. The first-order valence-electron chi connectivity index (χ1n) is 14.2. The molecular weight excluding hydrogens is 553 g/mol. The largest absolute Gasteiger partial charge is 0.490 e. The maximum atomic E-state index is 14.0. The van der Waals surface area contributed by atoms with Crippen LogP contribution in [0.1, 0.15) is 56.0 Å². The number of carbonyl (C=O) groups is 2. The number of likely N-dealkylation sites (N-methyl/N-ethyl adjacent to an activating group) is 1. The summed E-state index contributed by atoms with van der Waals surface area (Å²) >= 11 is 0. The lowest BCUT2D eigenvalue weighted by atomic mass is 10.0. The highest BCUT2D eigenvalue weighted by Gasteiger charge is 2.31. The van der Waals surface area contributed by atoms with Gasteiger partial charge in [-0.25, -0.2) is 4.79 Å². The van der Waals surface area contributed by atoms with Crippen LogP contribution in [0.15, 0.2) is 42.5 Å². The third kappa shape index (κ3) is 9.33.